The Bertz CT molecular complexity index is 809. The van der Waals surface area contributed by atoms with Gasteiger partial charge >= 0.3 is 6.18 Å². The van der Waals surface area contributed by atoms with E-state index in [9.17, 15) is 28.1 Å². The van der Waals surface area contributed by atoms with E-state index in [1.807, 2.05) is 0 Å². The van der Waals surface area contributed by atoms with Crippen molar-refractivity contribution in [2.45, 2.75) is 18.0 Å². The molecule has 5 nitrogen and oxygen atoms in total. The Labute approximate surface area is 145 Å². The number of aryl methyl sites for hydroxylation is 1. The van der Waals surface area contributed by atoms with Gasteiger partial charge in [0.25, 0.3) is 11.6 Å². The highest BCUT2D eigenvalue weighted by Gasteiger charge is 2.27. The number of alkyl halides is 3. The van der Waals surface area contributed by atoms with Crippen LogP contribution in [0.5, 0.6) is 0 Å². The van der Waals surface area contributed by atoms with Crippen LogP contribution in [0.15, 0.2) is 47.4 Å². The first kappa shape index (κ1) is 18.8. The number of nitro benzene ring substituents is 1. The number of hydrogen-bond acceptors (Lipinski definition) is 4. The van der Waals surface area contributed by atoms with Gasteiger partial charge in [0.1, 0.15) is 0 Å². The van der Waals surface area contributed by atoms with E-state index in [1.54, 1.807) is 19.1 Å². The van der Waals surface area contributed by atoms with Crippen LogP contribution in [-0.2, 0) is 0 Å². The predicted molar refractivity (Wildman–Crippen MR) is 89.0 cm³/mol. The molecular weight excluding hydrogens is 357 g/mol. The Morgan fingerprint density at radius 1 is 1.24 bits per heavy atom. The van der Waals surface area contributed by atoms with E-state index in [1.165, 1.54) is 24.3 Å². The molecule has 2 rings (SSSR count). The van der Waals surface area contributed by atoms with Crippen molar-refractivity contribution in [2.24, 2.45) is 0 Å². The van der Waals surface area contributed by atoms with Gasteiger partial charge in [-0.3, -0.25) is 14.9 Å². The molecule has 0 atom stereocenters. The Kier molecular flexibility index (Phi) is 5.68. The van der Waals surface area contributed by atoms with Crippen molar-refractivity contribution in [3.05, 3.63) is 63.7 Å². The van der Waals surface area contributed by atoms with Crippen molar-refractivity contribution in [3.8, 4) is 0 Å². The van der Waals surface area contributed by atoms with E-state index >= 15 is 0 Å². The van der Waals surface area contributed by atoms with Crippen molar-refractivity contribution in [1.29, 1.82) is 0 Å². The smallest absolute Gasteiger partial charge is 0.321 e. The summed E-state index contributed by atoms with van der Waals surface area (Å²) in [5.41, 5.74) is 0.466. The summed E-state index contributed by atoms with van der Waals surface area (Å²) in [4.78, 5) is 22.9. The number of benzene rings is 2. The van der Waals surface area contributed by atoms with Crippen molar-refractivity contribution >= 4 is 29.0 Å². The summed E-state index contributed by atoms with van der Waals surface area (Å²) in [6, 6.07) is 10.1. The van der Waals surface area contributed by atoms with Crippen LogP contribution in [0.25, 0.3) is 0 Å². The molecule has 0 fully saturated rings. The highest BCUT2D eigenvalue weighted by Crippen LogP contribution is 2.32. The quantitative estimate of drug-likeness (QED) is 0.466. The maximum absolute atomic E-state index is 12.4. The molecule has 1 amide bonds. The lowest BCUT2D eigenvalue weighted by molar-refractivity contribution is -0.385. The number of rotatable bonds is 5. The molecule has 0 spiro atoms. The van der Waals surface area contributed by atoms with Crippen LogP contribution < -0.4 is 5.32 Å². The van der Waals surface area contributed by atoms with E-state index in [-0.39, 0.29) is 21.8 Å². The van der Waals surface area contributed by atoms with Gasteiger partial charge in [0.05, 0.1) is 16.4 Å². The first-order valence-corrected chi connectivity index (χ1v) is 8.01. The molecular formula is C16H13F3N2O3S. The van der Waals surface area contributed by atoms with Crippen LogP contribution in [0.4, 0.5) is 24.5 Å². The second kappa shape index (κ2) is 7.56. The zero-order valence-corrected chi connectivity index (χ0v) is 13.8. The average molecular weight is 370 g/mol. The van der Waals surface area contributed by atoms with Crippen LogP contribution in [-0.4, -0.2) is 22.8 Å². The molecule has 2 aromatic rings. The Morgan fingerprint density at radius 2 is 1.92 bits per heavy atom. The molecule has 0 heterocycles. The van der Waals surface area contributed by atoms with Crippen LogP contribution in [0.2, 0.25) is 0 Å². The van der Waals surface area contributed by atoms with Gasteiger partial charge in [0, 0.05) is 22.1 Å². The molecule has 0 aliphatic rings. The van der Waals surface area contributed by atoms with Gasteiger partial charge in [-0.25, -0.2) is 0 Å². The third-order valence-corrected chi connectivity index (χ3v) is 4.33. The molecule has 0 aromatic heterocycles. The summed E-state index contributed by atoms with van der Waals surface area (Å²) in [5.74, 6) is -1.72. The van der Waals surface area contributed by atoms with Gasteiger partial charge in [-0.1, -0.05) is 18.2 Å². The molecule has 0 saturated heterocycles. The maximum Gasteiger partial charge on any atom is 0.398 e. The highest BCUT2D eigenvalue weighted by molar-refractivity contribution is 7.99. The fraction of sp³-hybridized carbons (Fsp3) is 0.188. The van der Waals surface area contributed by atoms with Gasteiger partial charge in [0.15, 0.2) is 0 Å². The lowest BCUT2D eigenvalue weighted by Crippen LogP contribution is -2.14. The number of para-hydroxylation sites is 1. The molecule has 0 bridgehead atoms. The number of anilines is 1. The van der Waals surface area contributed by atoms with E-state index in [2.05, 4.69) is 5.32 Å². The number of amides is 1. The topological polar surface area (TPSA) is 72.2 Å². The Hall–Kier alpha value is -2.55. The van der Waals surface area contributed by atoms with Gasteiger partial charge in [-0.05, 0) is 25.1 Å². The summed E-state index contributed by atoms with van der Waals surface area (Å²) < 4.78 is 37.2. The highest BCUT2D eigenvalue weighted by atomic mass is 32.2. The molecule has 0 unspecified atom stereocenters. The molecule has 132 valence electrons. The van der Waals surface area contributed by atoms with Crippen molar-refractivity contribution in [3.63, 3.8) is 0 Å². The number of carbonyl (C=O) groups excluding carboxylic acids is 1. The zero-order valence-electron chi connectivity index (χ0n) is 13.0. The number of nitrogens with zero attached hydrogens (tertiary/aromatic N) is 1. The summed E-state index contributed by atoms with van der Waals surface area (Å²) in [6.07, 6.45) is -4.33. The molecule has 2 aromatic carbocycles. The fourth-order valence-corrected chi connectivity index (χ4v) is 2.77. The van der Waals surface area contributed by atoms with E-state index in [0.29, 0.717) is 17.3 Å². The molecule has 25 heavy (non-hydrogen) atoms. The largest absolute Gasteiger partial charge is 0.398 e. The molecule has 0 aliphatic heterocycles. The average Bonchev–Trinajstić information content (AvgIpc) is 2.53. The second-order valence-electron chi connectivity index (χ2n) is 5.11. The molecule has 9 heteroatoms. The molecule has 0 saturated carbocycles. The predicted octanol–water partition coefficient (Wildman–Crippen LogP) is 4.81. The minimum Gasteiger partial charge on any atom is -0.321 e. The zero-order chi connectivity index (χ0) is 18.6. The minimum atomic E-state index is -4.33. The van der Waals surface area contributed by atoms with Crippen LogP contribution in [0.3, 0.4) is 0 Å². The third-order valence-electron chi connectivity index (χ3n) is 3.19. The van der Waals surface area contributed by atoms with E-state index in [4.69, 9.17) is 0 Å². The summed E-state index contributed by atoms with van der Waals surface area (Å²) >= 11 is 0.554. The fourth-order valence-electron chi connectivity index (χ4n) is 2.00. The Morgan fingerprint density at radius 3 is 2.56 bits per heavy atom. The standard InChI is InChI=1S/C16H13F3N2O3S/c1-10-6-7-11(8-13(10)21(23)24)15(22)20-12-4-2-3-5-14(12)25-9-16(17,18)19/h2-8H,9H2,1H3,(H,20,22). The Balaban J connectivity index is 2.21. The number of hydrogen-bond donors (Lipinski definition) is 1. The third kappa shape index (κ3) is 5.21. The molecule has 1 N–H and O–H groups in total. The SMILES string of the molecule is Cc1ccc(C(=O)Nc2ccccc2SCC(F)(F)F)cc1[N+](=O)[O-]. The lowest BCUT2D eigenvalue weighted by atomic mass is 10.1. The minimum absolute atomic E-state index is 0.0490. The maximum atomic E-state index is 12.4. The van der Waals surface area contributed by atoms with Crippen LogP contribution in [0.1, 0.15) is 15.9 Å². The monoisotopic (exact) mass is 370 g/mol. The number of thioether (sulfide) groups is 1. The van der Waals surface area contributed by atoms with Crippen LogP contribution >= 0.6 is 11.8 Å². The molecule has 0 aliphatic carbocycles. The van der Waals surface area contributed by atoms with Gasteiger partial charge in [-0.15, -0.1) is 11.8 Å². The van der Waals surface area contributed by atoms with Crippen LogP contribution in [0, 0.1) is 17.0 Å². The van der Waals surface area contributed by atoms with Crippen molar-refractivity contribution in [2.75, 3.05) is 11.1 Å². The van der Waals surface area contributed by atoms with Gasteiger partial charge in [-0.2, -0.15) is 13.2 Å². The number of carbonyl (C=O) groups is 1. The molecule has 0 radical (unpaired) electrons. The van der Waals surface area contributed by atoms with E-state index in [0.717, 1.165) is 6.07 Å². The normalized spacial score (nSPS) is 11.2. The number of halogens is 3. The first-order valence-electron chi connectivity index (χ1n) is 7.02. The summed E-state index contributed by atoms with van der Waals surface area (Å²) in [7, 11) is 0. The van der Waals surface area contributed by atoms with Gasteiger partial charge in [0.2, 0.25) is 0 Å². The first-order chi connectivity index (χ1) is 11.7. The van der Waals surface area contributed by atoms with Gasteiger partial charge < -0.3 is 5.32 Å². The second-order valence-corrected chi connectivity index (χ2v) is 6.13. The van der Waals surface area contributed by atoms with E-state index < -0.39 is 22.8 Å². The number of nitrogens with one attached hydrogen (secondary N) is 1. The van der Waals surface area contributed by atoms with Crippen molar-refractivity contribution in [1.82, 2.24) is 0 Å². The van der Waals surface area contributed by atoms with Crippen molar-refractivity contribution < 1.29 is 22.9 Å². The summed E-state index contributed by atoms with van der Waals surface area (Å²) in [5, 5.41) is 13.5. The summed E-state index contributed by atoms with van der Waals surface area (Å²) in [6.45, 7) is 1.54. The number of nitro groups is 1. The lowest BCUT2D eigenvalue weighted by Gasteiger charge is -2.12.